The number of nitrogens with one attached hydrogen (secondary N) is 2. The van der Waals surface area contributed by atoms with Crippen LogP contribution in [0, 0.1) is 0 Å². The molecule has 0 unspecified atom stereocenters. The first-order chi connectivity index (χ1) is 11.0. The summed E-state index contributed by atoms with van der Waals surface area (Å²) in [5, 5.41) is 22.0. The van der Waals surface area contributed by atoms with E-state index < -0.39 is 54.2 Å². The zero-order valence-electron chi connectivity index (χ0n) is 13.2. The number of carbonyl (C=O) groups is 5. The Hall–Kier alpha value is -2.69. The summed E-state index contributed by atoms with van der Waals surface area (Å²) in [4.78, 5) is 56.2. The molecule has 0 fully saturated rings. The van der Waals surface area contributed by atoms with Gasteiger partial charge in [-0.15, -0.1) is 0 Å². The lowest BCUT2D eigenvalue weighted by atomic mass is 10.1. The van der Waals surface area contributed by atoms with E-state index >= 15 is 0 Å². The van der Waals surface area contributed by atoms with Crippen LogP contribution in [-0.2, 0) is 24.0 Å². The molecular formula is C13H22N4O7. The number of amides is 3. The standard InChI is InChI=1S/C13H22N4O7/c1-6(14)11(21)16-7(2-4-9(15)18)12(22)17-8(13(23)24)3-5-10(19)20/h6-8H,2-5,14H2,1H3,(H2,15,18)(H,16,21)(H,17,22)(H,19,20)(H,23,24)/t6-,7-,8-/m0/s1. The molecule has 0 spiro atoms. The van der Waals surface area contributed by atoms with Gasteiger partial charge in [-0.1, -0.05) is 0 Å². The van der Waals surface area contributed by atoms with Gasteiger partial charge in [0.05, 0.1) is 6.04 Å². The average Bonchev–Trinajstić information content (AvgIpc) is 2.46. The van der Waals surface area contributed by atoms with Crippen molar-refractivity contribution in [2.45, 2.75) is 50.7 Å². The molecule has 136 valence electrons. The first-order valence-corrected chi connectivity index (χ1v) is 7.13. The molecule has 0 aliphatic carbocycles. The molecular weight excluding hydrogens is 324 g/mol. The molecule has 3 atom stereocenters. The lowest BCUT2D eigenvalue weighted by Gasteiger charge is -2.21. The van der Waals surface area contributed by atoms with E-state index in [1.807, 2.05) is 0 Å². The zero-order chi connectivity index (χ0) is 18.9. The van der Waals surface area contributed by atoms with E-state index in [0.29, 0.717) is 0 Å². The quantitative estimate of drug-likeness (QED) is 0.236. The van der Waals surface area contributed by atoms with Crippen LogP contribution in [0.4, 0.5) is 0 Å². The monoisotopic (exact) mass is 346 g/mol. The first kappa shape index (κ1) is 21.3. The highest BCUT2D eigenvalue weighted by Crippen LogP contribution is 2.03. The van der Waals surface area contributed by atoms with Gasteiger partial charge in [0, 0.05) is 12.8 Å². The number of rotatable bonds is 11. The van der Waals surface area contributed by atoms with Crippen LogP contribution in [-0.4, -0.2) is 58.0 Å². The molecule has 3 amide bonds. The number of carboxylic acid groups (broad SMARTS) is 2. The smallest absolute Gasteiger partial charge is 0.326 e. The van der Waals surface area contributed by atoms with Gasteiger partial charge in [0.1, 0.15) is 12.1 Å². The van der Waals surface area contributed by atoms with E-state index in [2.05, 4.69) is 10.6 Å². The highest BCUT2D eigenvalue weighted by Gasteiger charge is 2.27. The lowest BCUT2D eigenvalue weighted by molar-refractivity contribution is -0.143. The largest absolute Gasteiger partial charge is 0.481 e. The summed E-state index contributed by atoms with van der Waals surface area (Å²) < 4.78 is 0. The molecule has 0 heterocycles. The second-order valence-corrected chi connectivity index (χ2v) is 5.19. The Bertz CT molecular complexity index is 507. The third-order valence-electron chi connectivity index (χ3n) is 2.99. The van der Waals surface area contributed by atoms with E-state index in [4.69, 9.17) is 21.7 Å². The molecule has 0 aromatic rings. The fraction of sp³-hybridized carbons (Fsp3) is 0.615. The summed E-state index contributed by atoms with van der Waals surface area (Å²) in [5.74, 6) is -4.88. The van der Waals surface area contributed by atoms with Gasteiger partial charge >= 0.3 is 11.9 Å². The highest BCUT2D eigenvalue weighted by atomic mass is 16.4. The second-order valence-electron chi connectivity index (χ2n) is 5.19. The molecule has 0 radical (unpaired) electrons. The van der Waals surface area contributed by atoms with Crippen LogP contribution in [0.2, 0.25) is 0 Å². The maximum Gasteiger partial charge on any atom is 0.326 e. The normalized spacial score (nSPS) is 14.1. The van der Waals surface area contributed by atoms with Gasteiger partial charge in [-0.3, -0.25) is 19.2 Å². The Kier molecular flexibility index (Phi) is 9.02. The second kappa shape index (κ2) is 10.2. The Morgan fingerprint density at radius 1 is 0.917 bits per heavy atom. The third kappa shape index (κ3) is 8.68. The maximum absolute atomic E-state index is 12.1. The summed E-state index contributed by atoms with van der Waals surface area (Å²) in [7, 11) is 0. The van der Waals surface area contributed by atoms with E-state index in [-0.39, 0.29) is 19.3 Å². The molecule has 0 aliphatic heterocycles. The molecule has 0 saturated heterocycles. The first-order valence-electron chi connectivity index (χ1n) is 7.13. The zero-order valence-corrected chi connectivity index (χ0v) is 13.2. The maximum atomic E-state index is 12.1. The summed E-state index contributed by atoms with van der Waals surface area (Å²) in [6, 6.07) is -3.59. The summed E-state index contributed by atoms with van der Waals surface area (Å²) in [6.07, 6.45) is -1.16. The molecule has 0 aromatic heterocycles. The predicted octanol–water partition coefficient (Wildman–Crippen LogP) is -2.48. The molecule has 0 aliphatic rings. The van der Waals surface area contributed by atoms with Crippen LogP contribution in [0.5, 0.6) is 0 Å². The van der Waals surface area contributed by atoms with Gasteiger partial charge < -0.3 is 32.3 Å². The van der Waals surface area contributed by atoms with Gasteiger partial charge in [-0.25, -0.2) is 4.79 Å². The van der Waals surface area contributed by atoms with Gasteiger partial charge in [-0.2, -0.15) is 0 Å². The Morgan fingerprint density at radius 2 is 1.42 bits per heavy atom. The van der Waals surface area contributed by atoms with Crippen LogP contribution in [0.15, 0.2) is 0 Å². The SMILES string of the molecule is C[C@H](N)C(=O)N[C@@H](CCC(N)=O)C(=O)N[C@@H](CCC(=O)O)C(=O)O. The fourth-order valence-corrected chi connectivity index (χ4v) is 1.66. The summed E-state index contributed by atoms with van der Waals surface area (Å²) in [6.45, 7) is 1.38. The Morgan fingerprint density at radius 3 is 1.83 bits per heavy atom. The molecule has 11 nitrogen and oxygen atoms in total. The van der Waals surface area contributed by atoms with E-state index in [1.165, 1.54) is 6.92 Å². The summed E-state index contributed by atoms with van der Waals surface area (Å²) >= 11 is 0. The van der Waals surface area contributed by atoms with Gasteiger partial charge in [-0.05, 0) is 19.8 Å². The molecule has 0 saturated carbocycles. The topological polar surface area (TPSA) is 202 Å². The van der Waals surface area contributed by atoms with Crippen LogP contribution in [0.1, 0.15) is 32.6 Å². The van der Waals surface area contributed by atoms with Crippen molar-refractivity contribution < 1.29 is 34.2 Å². The van der Waals surface area contributed by atoms with Crippen LogP contribution < -0.4 is 22.1 Å². The number of hydrogen-bond acceptors (Lipinski definition) is 6. The molecule has 11 heteroatoms. The molecule has 0 aromatic carbocycles. The summed E-state index contributed by atoms with van der Waals surface area (Å²) in [5.41, 5.74) is 10.4. The van der Waals surface area contributed by atoms with Crippen LogP contribution >= 0.6 is 0 Å². The predicted molar refractivity (Wildman–Crippen MR) is 80.4 cm³/mol. The number of hydrogen-bond donors (Lipinski definition) is 6. The van der Waals surface area contributed by atoms with Crippen molar-refractivity contribution in [3.63, 3.8) is 0 Å². The van der Waals surface area contributed by atoms with Crippen molar-refractivity contribution >= 4 is 29.7 Å². The molecule has 0 rings (SSSR count). The van der Waals surface area contributed by atoms with E-state index in [0.717, 1.165) is 0 Å². The van der Waals surface area contributed by atoms with Crippen LogP contribution in [0.25, 0.3) is 0 Å². The lowest BCUT2D eigenvalue weighted by Crippen LogP contribution is -2.54. The number of nitrogens with two attached hydrogens (primary N) is 2. The minimum Gasteiger partial charge on any atom is -0.481 e. The van der Waals surface area contributed by atoms with E-state index in [1.54, 1.807) is 0 Å². The minimum atomic E-state index is -1.45. The van der Waals surface area contributed by atoms with Gasteiger partial charge in [0.15, 0.2) is 0 Å². The highest BCUT2D eigenvalue weighted by molar-refractivity contribution is 5.92. The number of carboxylic acids is 2. The van der Waals surface area contributed by atoms with Crippen molar-refractivity contribution in [2.75, 3.05) is 0 Å². The Balaban J connectivity index is 4.97. The van der Waals surface area contributed by atoms with Crippen molar-refractivity contribution in [1.82, 2.24) is 10.6 Å². The Labute approximate surface area is 137 Å². The van der Waals surface area contributed by atoms with Crippen LogP contribution in [0.3, 0.4) is 0 Å². The molecule has 24 heavy (non-hydrogen) atoms. The molecule has 8 N–H and O–H groups in total. The van der Waals surface area contributed by atoms with Crippen molar-refractivity contribution in [3.8, 4) is 0 Å². The third-order valence-corrected chi connectivity index (χ3v) is 2.99. The van der Waals surface area contributed by atoms with E-state index in [9.17, 15) is 24.0 Å². The average molecular weight is 346 g/mol. The van der Waals surface area contributed by atoms with Crippen molar-refractivity contribution in [3.05, 3.63) is 0 Å². The number of carbonyl (C=O) groups excluding carboxylic acids is 3. The van der Waals surface area contributed by atoms with Crippen molar-refractivity contribution in [2.24, 2.45) is 11.5 Å². The van der Waals surface area contributed by atoms with Crippen molar-refractivity contribution in [1.29, 1.82) is 0 Å². The fourth-order valence-electron chi connectivity index (χ4n) is 1.66. The molecule has 0 bridgehead atoms. The number of primary amides is 1. The number of aliphatic carboxylic acids is 2. The van der Waals surface area contributed by atoms with Gasteiger partial charge in [0.2, 0.25) is 17.7 Å². The van der Waals surface area contributed by atoms with Gasteiger partial charge in [0.25, 0.3) is 0 Å². The minimum absolute atomic E-state index is 0.148.